The van der Waals surface area contributed by atoms with Crippen LogP contribution >= 0.6 is 0 Å². The van der Waals surface area contributed by atoms with Crippen LogP contribution in [-0.2, 0) is 4.74 Å². The Hall–Kier alpha value is -3.08. The highest BCUT2D eigenvalue weighted by molar-refractivity contribution is 6.09. The molecule has 4 rings (SSSR count). The molecule has 4 nitrogen and oxygen atoms in total. The van der Waals surface area contributed by atoms with E-state index in [0.717, 1.165) is 32.7 Å². The van der Waals surface area contributed by atoms with Crippen molar-refractivity contribution in [3.05, 3.63) is 72.8 Å². The van der Waals surface area contributed by atoms with Gasteiger partial charge in [0.15, 0.2) is 0 Å². The zero-order valence-electron chi connectivity index (χ0n) is 15.5. The number of aliphatic hydroxyl groups is 1. The van der Waals surface area contributed by atoms with E-state index in [0.29, 0.717) is 19.0 Å². The SMILES string of the molecule is OCCOCCOc1ccc2ccccc2c1-c1c(O)ccc2ccccc12. The van der Waals surface area contributed by atoms with Crippen molar-refractivity contribution in [2.75, 3.05) is 26.4 Å². The maximum Gasteiger partial charge on any atom is 0.128 e. The molecule has 28 heavy (non-hydrogen) atoms. The quantitative estimate of drug-likeness (QED) is 0.458. The first-order chi connectivity index (χ1) is 13.8. The first-order valence-electron chi connectivity index (χ1n) is 9.34. The molecule has 0 heterocycles. The van der Waals surface area contributed by atoms with Crippen molar-refractivity contribution in [3.8, 4) is 22.6 Å². The first-order valence-corrected chi connectivity index (χ1v) is 9.34. The molecule has 0 aliphatic rings. The molecule has 2 N–H and O–H groups in total. The molecule has 4 aromatic carbocycles. The summed E-state index contributed by atoms with van der Waals surface area (Å²) in [5.74, 6) is 0.911. The van der Waals surface area contributed by atoms with Crippen LogP contribution in [0.3, 0.4) is 0 Å². The van der Waals surface area contributed by atoms with Crippen LogP contribution in [0.15, 0.2) is 72.8 Å². The van der Waals surface area contributed by atoms with Gasteiger partial charge in [0.2, 0.25) is 0 Å². The van der Waals surface area contributed by atoms with E-state index in [2.05, 4.69) is 6.07 Å². The summed E-state index contributed by atoms with van der Waals surface area (Å²) in [7, 11) is 0. The highest BCUT2D eigenvalue weighted by atomic mass is 16.5. The third-order valence-electron chi connectivity index (χ3n) is 4.77. The molecular formula is C24H22O4. The lowest BCUT2D eigenvalue weighted by molar-refractivity contribution is 0.0706. The number of hydrogen-bond acceptors (Lipinski definition) is 4. The maximum atomic E-state index is 10.8. The van der Waals surface area contributed by atoms with Gasteiger partial charge in [0.1, 0.15) is 18.1 Å². The highest BCUT2D eigenvalue weighted by Crippen LogP contribution is 2.44. The molecule has 4 aromatic rings. The minimum absolute atomic E-state index is 0.00883. The molecule has 142 valence electrons. The predicted molar refractivity (Wildman–Crippen MR) is 112 cm³/mol. The van der Waals surface area contributed by atoms with Gasteiger partial charge in [-0.05, 0) is 33.7 Å². The van der Waals surface area contributed by atoms with Gasteiger partial charge >= 0.3 is 0 Å². The van der Waals surface area contributed by atoms with Crippen molar-refractivity contribution in [2.45, 2.75) is 0 Å². The van der Waals surface area contributed by atoms with Crippen molar-refractivity contribution in [2.24, 2.45) is 0 Å². The fraction of sp³-hybridized carbons (Fsp3) is 0.167. The molecule has 4 heteroatoms. The Morgan fingerprint density at radius 3 is 2.00 bits per heavy atom. The van der Waals surface area contributed by atoms with Gasteiger partial charge in [0.05, 0.1) is 19.8 Å². The second-order valence-electron chi connectivity index (χ2n) is 6.53. The van der Waals surface area contributed by atoms with E-state index in [4.69, 9.17) is 14.6 Å². The summed E-state index contributed by atoms with van der Waals surface area (Å²) >= 11 is 0. The Morgan fingerprint density at radius 1 is 0.643 bits per heavy atom. The monoisotopic (exact) mass is 374 g/mol. The van der Waals surface area contributed by atoms with Crippen LogP contribution in [0.4, 0.5) is 0 Å². The Labute approximate surface area is 163 Å². The Kier molecular flexibility index (Phi) is 5.42. The lowest BCUT2D eigenvalue weighted by Gasteiger charge is -2.17. The number of hydrogen-bond donors (Lipinski definition) is 2. The molecule has 0 aliphatic carbocycles. The van der Waals surface area contributed by atoms with E-state index < -0.39 is 0 Å². The summed E-state index contributed by atoms with van der Waals surface area (Å²) in [6.07, 6.45) is 0. The second-order valence-corrected chi connectivity index (χ2v) is 6.53. The van der Waals surface area contributed by atoms with Gasteiger partial charge in [0, 0.05) is 11.1 Å². The lowest BCUT2D eigenvalue weighted by atomic mass is 9.92. The third-order valence-corrected chi connectivity index (χ3v) is 4.77. The van der Waals surface area contributed by atoms with Crippen LogP contribution in [0, 0.1) is 0 Å². The van der Waals surface area contributed by atoms with Crippen molar-refractivity contribution in [3.63, 3.8) is 0 Å². The summed E-state index contributed by atoms with van der Waals surface area (Å²) in [4.78, 5) is 0. The number of aliphatic hydroxyl groups excluding tert-OH is 1. The number of aromatic hydroxyl groups is 1. The molecule has 0 saturated heterocycles. The normalized spacial score (nSPS) is 11.2. The zero-order chi connectivity index (χ0) is 19.3. The van der Waals surface area contributed by atoms with E-state index in [1.54, 1.807) is 6.07 Å². The number of rotatable bonds is 7. The van der Waals surface area contributed by atoms with Gasteiger partial charge in [-0.1, -0.05) is 60.7 Å². The topological polar surface area (TPSA) is 58.9 Å². The summed E-state index contributed by atoms with van der Waals surface area (Å²) in [6.45, 7) is 1.02. The fourth-order valence-corrected chi connectivity index (χ4v) is 3.53. The summed E-state index contributed by atoms with van der Waals surface area (Å²) in [5, 5.41) is 23.7. The number of benzene rings is 4. The van der Waals surface area contributed by atoms with E-state index in [9.17, 15) is 5.11 Å². The smallest absolute Gasteiger partial charge is 0.128 e. The predicted octanol–water partition coefficient (Wildman–Crippen LogP) is 4.75. The molecule has 0 amide bonds. The van der Waals surface area contributed by atoms with E-state index >= 15 is 0 Å². The average Bonchev–Trinajstić information content (AvgIpc) is 2.74. The minimum atomic E-state index is -0.00883. The van der Waals surface area contributed by atoms with Crippen molar-refractivity contribution < 1.29 is 19.7 Å². The van der Waals surface area contributed by atoms with Crippen LogP contribution in [0.5, 0.6) is 11.5 Å². The van der Waals surface area contributed by atoms with Crippen molar-refractivity contribution >= 4 is 21.5 Å². The van der Waals surface area contributed by atoms with Crippen molar-refractivity contribution in [1.29, 1.82) is 0 Å². The number of fused-ring (bicyclic) bond motifs is 2. The molecule has 0 fully saturated rings. The summed E-state index contributed by atoms with van der Waals surface area (Å²) in [5.41, 5.74) is 1.63. The number of phenolic OH excluding ortho intramolecular Hbond substituents is 1. The van der Waals surface area contributed by atoms with Crippen LogP contribution in [-0.4, -0.2) is 36.6 Å². The zero-order valence-corrected chi connectivity index (χ0v) is 15.5. The van der Waals surface area contributed by atoms with Gasteiger partial charge in [-0.15, -0.1) is 0 Å². The van der Waals surface area contributed by atoms with Gasteiger partial charge < -0.3 is 19.7 Å². The Balaban J connectivity index is 1.87. The molecule has 0 unspecified atom stereocenters. The fourth-order valence-electron chi connectivity index (χ4n) is 3.53. The first kappa shape index (κ1) is 18.3. The van der Waals surface area contributed by atoms with E-state index in [-0.39, 0.29) is 19.0 Å². The van der Waals surface area contributed by atoms with Gasteiger partial charge in [-0.2, -0.15) is 0 Å². The van der Waals surface area contributed by atoms with Crippen LogP contribution in [0.2, 0.25) is 0 Å². The maximum absolute atomic E-state index is 10.8. The van der Waals surface area contributed by atoms with Crippen molar-refractivity contribution in [1.82, 2.24) is 0 Å². The van der Waals surface area contributed by atoms with Gasteiger partial charge in [-0.25, -0.2) is 0 Å². The van der Waals surface area contributed by atoms with E-state index in [1.165, 1.54) is 0 Å². The molecule has 0 spiro atoms. The molecule has 0 aliphatic heterocycles. The average molecular weight is 374 g/mol. The molecule has 0 atom stereocenters. The minimum Gasteiger partial charge on any atom is -0.507 e. The molecule has 0 radical (unpaired) electrons. The second kappa shape index (κ2) is 8.30. The number of ether oxygens (including phenoxy) is 2. The van der Waals surface area contributed by atoms with Gasteiger partial charge in [0.25, 0.3) is 0 Å². The van der Waals surface area contributed by atoms with Crippen LogP contribution in [0.1, 0.15) is 0 Å². The van der Waals surface area contributed by atoms with Crippen LogP contribution < -0.4 is 4.74 Å². The Morgan fingerprint density at radius 2 is 1.29 bits per heavy atom. The molecule has 0 aromatic heterocycles. The van der Waals surface area contributed by atoms with Crippen LogP contribution in [0.25, 0.3) is 32.7 Å². The highest BCUT2D eigenvalue weighted by Gasteiger charge is 2.17. The van der Waals surface area contributed by atoms with E-state index in [1.807, 2.05) is 60.7 Å². The summed E-state index contributed by atoms with van der Waals surface area (Å²) in [6, 6.07) is 23.7. The third kappa shape index (κ3) is 3.52. The molecular weight excluding hydrogens is 352 g/mol. The summed E-state index contributed by atoms with van der Waals surface area (Å²) < 4.78 is 11.3. The number of phenols is 1. The Bertz CT molecular complexity index is 1100. The van der Waals surface area contributed by atoms with Gasteiger partial charge in [-0.3, -0.25) is 0 Å². The standard InChI is InChI=1S/C24H22O4/c25-13-14-27-15-16-28-22-12-10-18-6-2-4-8-20(18)24(22)23-19-7-3-1-5-17(19)9-11-21(23)26/h1-12,25-26H,13-16H2. The molecule has 0 saturated carbocycles. The largest absolute Gasteiger partial charge is 0.507 e. The molecule has 0 bridgehead atoms. The lowest BCUT2D eigenvalue weighted by Crippen LogP contribution is -2.09.